The van der Waals surface area contributed by atoms with Crippen molar-refractivity contribution in [3.63, 3.8) is 0 Å². The smallest absolute Gasteiger partial charge is 0.405 e. The highest BCUT2D eigenvalue weighted by Crippen LogP contribution is 2.34. The molecule has 0 aliphatic heterocycles. The van der Waals surface area contributed by atoms with Crippen LogP contribution in [0.25, 0.3) is 0 Å². The molecule has 1 aromatic carbocycles. The second kappa shape index (κ2) is 9.82. The number of sulfone groups is 1. The van der Waals surface area contributed by atoms with Gasteiger partial charge in [-0.15, -0.1) is 0 Å². The first-order chi connectivity index (χ1) is 11.7. The molecule has 2 rings (SSSR count). The molecule has 0 radical (unpaired) electrons. The van der Waals surface area contributed by atoms with E-state index in [1.165, 1.54) is 12.1 Å². The van der Waals surface area contributed by atoms with Gasteiger partial charge in [-0.2, -0.15) is 5.26 Å². The van der Waals surface area contributed by atoms with Gasteiger partial charge in [-0.1, -0.05) is 23.2 Å². The van der Waals surface area contributed by atoms with E-state index in [1.54, 1.807) is 19.2 Å². The third-order valence-corrected chi connectivity index (χ3v) is 6.56. The van der Waals surface area contributed by atoms with Crippen molar-refractivity contribution in [3.8, 4) is 6.07 Å². The predicted molar refractivity (Wildman–Crippen MR) is 93.7 cm³/mol. The quantitative estimate of drug-likeness (QED) is 0.738. The summed E-state index contributed by atoms with van der Waals surface area (Å²) in [7, 11) is -1.79. The summed E-state index contributed by atoms with van der Waals surface area (Å²) in [6.45, 7) is -0.144. The van der Waals surface area contributed by atoms with Crippen molar-refractivity contribution in [2.75, 3.05) is 13.7 Å². The molecule has 2 atom stereocenters. The molecular weight excluding hydrogens is 391 g/mol. The van der Waals surface area contributed by atoms with Crippen LogP contribution in [0.1, 0.15) is 19.3 Å². The number of nitrogens with one attached hydrogen (secondary N) is 1. The molecule has 0 unspecified atom stereocenters. The lowest BCUT2D eigenvalue weighted by Crippen LogP contribution is -2.20. The van der Waals surface area contributed by atoms with Crippen LogP contribution in [0.4, 0.5) is 4.79 Å². The number of amides is 1. The van der Waals surface area contributed by atoms with Gasteiger partial charge in [-0.25, -0.2) is 13.2 Å². The van der Waals surface area contributed by atoms with Crippen molar-refractivity contribution in [3.05, 3.63) is 28.2 Å². The van der Waals surface area contributed by atoms with Gasteiger partial charge in [-0.05, 0) is 37.5 Å². The van der Waals surface area contributed by atoms with E-state index in [1.807, 2.05) is 5.32 Å². The van der Waals surface area contributed by atoms with Crippen molar-refractivity contribution in [2.45, 2.75) is 35.5 Å². The van der Waals surface area contributed by atoms with E-state index < -0.39 is 21.2 Å². The summed E-state index contributed by atoms with van der Waals surface area (Å²) in [4.78, 5) is 9.66. The number of hydrogen-bond donors (Lipinski definition) is 2. The molecule has 25 heavy (non-hydrogen) atoms. The van der Waals surface area contributed by atoms with Gasteiger partial charge in [0.15, 0.2) is 9.84 Å². The fourth-order valence-corrected chi connectivity index (χ4v) is 4.99. The van der Waals surface area contributed by atoms with Crippen LogP contribution in [0, 0.1) is 11.3 Å². The molecule has 1 aliphatic rings. The lowest BCUT2D eigenvalue weighted by Gasteiger charge is -2.13. The van der Waals surface area contributed by atoms with Crippen molar-refractivity contribution >= 4 is 39.1 Å². The highest BCUT2D eigenvalue weighted by molar-refractivity contribution is 7.92. The van der Waals surface area contributed by atoms with Gasteiger partial charge in [0.2, 0.25) is 0 Å². The highest BCUT2D eigenvalue weighted by Gasteiger charge is 2.36. The Morgan fingerprint density at radius 3 is 2.56 bits per heavy atom. The summed E-state index contributed by atoms with van der Waals surface area (Å²) < 4.78 is 30.1. The Kier molecular flexibility index (Phi) is 8.45. The summed E-state index contributed by atoms with van der Waals surface area (Å²) in [5.41, 5.74) is 0. The van der Waals surface area contributed by atoms with E-state index in [9.17, 15) is 13.2 Å². The van der Waals surface area contributed by atoms with Gasteiger partial charge in [0.1, 0.15) is 6.54 Å². The zero-order valence-electron chi connectivity index (χ0n) is 13.4. The first kappa shape index (κ1) is 21.5. The van der Waals surface area contributed by atoms with E-state index in [-0.39, 0.29) is 22.6 Å². The second-order valence-corrected chi connectivity index (χ2v) is 8.27. The number of ether oxygens (including phenoxy) is 1. The summed E-state index contributed by atoms with van der Waals surface area (Å²) in [6.07, 6.45) is 0.765. The van der Waals surface area contributed by atoms with Gasteiger partial charge < -0.3 is 15.2 Å². The summed E-state index contributed by atoms with van der Waals surface area (Å²) in [5, 5.41) is 17.6. The Morgan fingerprint density at radius 1 is 1.44 bits per heavy atom. The minimum absolute atomic E-state index is 0.0239. The van der Waals surface area contributed by atoms with Crippen LogP contribution >= 0.6 is 23.2 Å². The van der Waals surface area contributed by atoms with E-state index in [4.69, 9.17) is 38.3 Å². The molecule has 7 nitrogen and oxygen atoms in total. The van der Waals surface area contributed by atoms with Gasteiger partial charge >= 0.3 is 6.09 Å². The molecule has 2 N–H and O–H groups in total. The molecule has 0 spiro atoms. The number of hydrogen-bond acceptors (Lipinski definition) is 5. The maximum Gasteiger partial charge on any atom is 0.405 e. The topological polar surface area (TPSA) is 116 Å². The van der Waals surface area contributed by atoms with Gasteiger partial charge in [0.05, 0.1) is 27.3 Å². The standard InChI is InChI=1S/C12H14Cl2O3S.C3H4N2O2/c1-17-9-3-4-10(7-9)18(15,16)12-5-2-8(13)6-11(12)14;4-1-2-5-3(6)7/h2,5-6,9-10H,3-4,7H2,1H3;5H,2H2,(H,6,7)/t9-,10-;/m1./s1. The average Bonchev–Trinajstić information content (AvgIpc) is 3.03. The first-order valence-electron chi connectivity index (χ1n) is 7.27. The van der Waals surface area contributed by atoms with Crippen LogP contribution in [0.2, 0.25) is 10.0 Å². The molecule has 0 heterocycles. The fourth-order valence-electron chi connectivity index (χ4n) is 2.40. The number of carbonyl (C=O) groups is 1. The Morgan fingerprint density at radius 2 is 2.12 bits per heavy atom. The van der Waals surface area contributed by atoms with Crippen LogP contribution in [0.15, 0.2) is 23.1 Å². The van der Waals surface area contributed by atoms with Crippen LogP contribution in [-0.4, -0.2) is 44.6 Å². The number of halogens is 2. The van der Waals surface area contributed by atoms with E-state index >= 15 is 0 Å². The maximum atomic E-state index is 12.4. The van der Waals surface area contributed by atoms with Gasteiger partial charge in [-0.3, -0.25) is 0 Å². The molecule has 138 valence electrons. The Balaban J connectivity index is 0.000000381. The van der Waals surface area contributed by atoms with Crippen LogP contribution < -0.4 is 5.32 Å². The third kappa shape index (κ3) is 6.36. The van der Waals surface area contributed by atoms with E-state index in [0.29, 0.717) is 17.9 Å². The average molecular weight is 409 g/mol. The summed E-state index contributed by atoms with van der Waals surface area (Å²) >= 11 is 11.7. The van der Waals surface area contributed by atoms with Crippen LogP contribution in [-0.2, 0) is 14.6 Å². The molecule has 0 aromatic heterocycles. The van der Waals surface area contributed by atoms with Crippen LogP contribution in [0.3, 0.4) is 0 Å². The molecule has 0 bridgehead atoms. The highest BCUT2D eigenvalue weighted by atomic mass is 35.5. The Labute approximate surface area is 156 Å². The lowest BCUT2D eigenvalue weighted by atomic mass is 10.3. The zero-order valence-corrected chi connectivity index (χ0v) is 15.7. The number of rotatable bonds is 4. The molecular formula is C15H18Cl2N2O5S. The first-order valence-corrected chi connectivity index (χ1v) is 9.58. The SMILES string of the molecule is CO[C@@H]1CC[C@@H](S(=O)(=O)c2ccc(Cl)cc2Cl)C1.N#CCNC(=O)O. The van der Waals surface area contributed by atoms with Crippen molar-refractivity contribution in [2.24, 2.45) is 0 Å². The molecule has 10 heteroatoms. The molecule has 0 saturated heterocycles. The minimum Gasteiger partial charge on any atom is -0.465 e. The summed E-state index contributed by atoms with van der Waals surface area (Å²) in [5.74, 6) is 0. The number of carboxylic acid groups (broad SMARTS) is 1. The monoisotopic (exact) mass is 408 g/mol. The number of methoxy groups -OCH3 is 1. The van der Waals surface area contributed by atoms with Crippen molar-refractivity contribution < 1.29 is 23.1 Å². The zero-order chi connectivity index (χ0) is 19.0. The second-order valence-electron chi connectivity index (χ2n) is 5.23. The fraction of sp³-hybridized carbons (Fsp3) is 0.467. The number of nitriles is 1. The predicted octanol–water partition coefficient (Wildman–Crippen LogP) is 3.11. The number of nitrogens with zero attached hydrogens (tertiary/aromatic N) is 1. The van der Waals surface area contributed by atoms with Crippen LogP contribution in [0.5, 0.6) is 0 Å². The molecule has 1 fully saturated rings. The van der Waals surface area contributed by atoms with Crippen molar-refractivity contribution in [1.29, 1.82) is 5.26 Å². The Bertz CT molecular complexity index is 749. The normalized spacial score (nSPS) is 19.4. The molecule has 1 saturated carbocycles. The summed E-state index contributed by atoms with van der Waals surface area (Å²) in [6, 6.07) is 6.08. The Hall–Kier alpha value is -1.53. The molecule has 1 amide bonds. The van der Waals surface area contributed by atoms with Gasteiger partial charge in [0, 0.05) is 12.1 Å². The third-order valence-electron chi connectivity index (χ3n) is 3.63. The largest absolute Gasteiger partial charge is 0.465 e. The molecule has 1 aliphatic carbocycles. The van der Waals surface area contributed by atoms with Crippen molar-refractivity contribution in [1.82, 2.24) is 5.32 Å². The minimum atomic E-state index is -3.40. The number of benzene rings is 1. The van der Waals surface area contributed by atoms with Gasteiger partial charge in [0.25, 0.3) is 0 Å². The van der Waals surface area contributed by atoms with E-state index in [2.05, 4.69) is 0 Å². The molecule has 1 aromatic rings. The maximum absolute atomic E-state index is 12.4. The lowest BCUT2D eigenvalue weighted by molar-refractivity contribution is 0.109. The van der Waals surface area contributed by atoms with E-state index in [0.717, 1.165) is 6.42 Å².